The summed E-state index contributed by atoms with van der Waals surface area (Å²) in [6, 6.07) is 0. The largest absolute Gasteiger partial charge is 0.351 e. The normalized spacial score (nSPS) is 19.6. The molecule has 1 aliphatic rings. The maximum absolute atomic E-state index is 4.43. The Kier molecular flexibility index (Phi) is 8.33. The molecule has 1 aromatic rings. The summed E-state index contributed by atoms with van der Waals surface area (Å²) >= 11 is 3.83. The van der Waals surface area contributed by atoms with Crippen LogP contribution in [0.4, 0.5) is 0 Å². The third-order valence-electron chi connectivity index (χ3n) is 3.44. The third-order valence-corrected chi connectivity index (χ3v) is 5.89. The molecule has 120 valence electrons. The lowest BCUT2D eigenvalue weighted by Gasteiger charge is -2.36. The molecule has 0 spiro atoms. The Morgan fingerprint density at radius 2 is 2.33 bits per heavy atom. The first-order valence-corrected chi connectivity index (χ1v) is 8.95. The molecule has 0 radical (unpaired) electrons. The Morgan fingerprint density at radius 1 is 1.57 bits per heavy atom. The average Bonchev–Trinajstić information content (AvgIpc) is 2.85. The van der Waals surface area contributed by atoms with Gasteiger partial charge in [-0.25, -0.2) is 4.98 Å². The van der Waals surface area contributed by atoms with Gasteiger partial charge in [-0.2, -0.15) is 11.8 Å². The quantitative estimate of drug-likeness (QED) is 0.445. The molecule has 21 heavy (non-hydrogen) atoms. The van der Waals surface area contributed by atoms with Crippen molar-refractivity contribution in [3.8, 4) is 0 Å². The fraction of sp³-hybridized carbons (Fsp3) is 0.714. The van der Waals surface area contributed by atoms with Crippen molar-refractivity contribution in [2.75, 3.05) is 25.9 Å². The molecule has 0 saturated carbocycles. The summed E-state index contributed by atoms with van der Waals surface area (Å²) in [7, 11) is 1.87. The molecule has 0 amide bonds. The van der Waals surface area contributed by atoms with Crippen LogP contribution in [0.25, 0.3) is 0 Å². The second kappa shape index (κ2) is 9.19. The lowest BCUT2D eigenvalue weighted by Crippen LogP contribution is -2.48. The van der Waals surface area contributed by atoms with E-state index in [4.69, 9.17) is 0 Å². The summed E-state index contributed by atoms with van der Waals surface area (Å²) in [4.78, 5) is 12.4. The number of hydrogen-bond acceptors (Lipinski definition) is 4. The number of halogens is 1. The minimum absolute atomic E-state index is 0. The van der Waals surface area contributed by atoms with Gasteiger partial charge in [0.2, 0.25) is 0 Å². The Labute approximate surface area is 153 Å². The lowest BCUT2D eigenvalue weighted by atomic mass is 10.1. The number of rotatable bonds is 3. The van der Waals surface area contributed by atoms with E-state index in [2.05, 4.69) is 45.8 Å². The fourth-order valence-electron chi connectivity index (χ4n) is 2.26. The zero-order valence-electron chi connectivity index (χ0n) is 13.1. The molecule has 7 heteroatoms. The molecule has 1 atom stereocenters. The van der Waals surface area contributed by atoms with E-state index >= 15 is 0 Å². The molecule has 1 aromatic heterocycles. The molecular weight excluding hydrogens is 415 g/mol. The van der Waals surface area contributed by atoms with Gasteiger partial charge in [0.15, 0.2) is 5.96 Å². The van der Waals surface area contributed by atoms with Crippen molar-refractivity contribution >= 4 is 53.0 Å². The van der Waals surface area contributed by atoms with E-state index in [1.165, 1.54) is 10.6 Å². The number of nitrogens with one attached hydrogen (secondary N) is 1. The molecule has 1 unspecified atom stereocenters. The summed E-state index contributed by atoms with van der Waals surface area (Å²) in [6.45, 7) is 9.63. The second-order valence-corrected chi connectivity index (χ2v) is 8.01. The van der Waals surface area contributed by atoms with Crippen molar-refractivity contribution in [1.82, 2.24) is 15.2 Å². The second-order valence-electron chi connectivity index (χ2n) is 5.35. The molecule has 0 bridgehead atoms. The third kappa shape index (κ3) is 5.59. The number of aromatic nitrogens is 1. The minimum Gasteiger partial charge on any atom is -0.351 e. The summed E-state index contributed by atoms with van der Waals surface area (Å²) in [5.74, 6) is 2.91. The summed E-state index contributed by atoms with van der Waals surface area (Å²) in [5, 5.41) is 5.28. The van der Waals surface area contributed by atoms with Crippen LogP contribution in [0.15, 0.2) is 11.2 Å². The minimum atomic E-state index is 0. The molecule has 0 aromatic carbocycles. The van der Waals surface area contributed by atoms with Crippen LogP contribution < -0.4 is 5.32 Å². The van der Waals surface area contributed by atoms with Gasteiger partial charge in [-0.05, 0) is 12.8 Å². The van der Waals surface area contributed by atoms with Crippen molar-refractivity contribution in [2.24, 2.45) is 10.9 Å². The maximum Gasteiger partial charge on any atom is 0.194 e. The van der Waals surface area contributed by atoms with Crippen LogP contribution in [0.5, 0.6) is 0 Å². The molecule has 1 saturated heterocycles. The maximum atomic E-state index is 4.43. The first-order chi connectivity index (χ1) is 9.60. The van der Waals surface area contributed by atoms with E-state index in [0.29, 0.717) is 11.2 Å². The highest BCUT2D eigenvalue weighted by molar-refractivity contribution is 14.0. The average molecular weight is 440 g/mol. The first-order valence-electron chi connectivity index (χ1n) is 7.08. The van der Waals surface area contributed by atoms with Crippen molar-refractivity contribution in [3.05, 3.63) is 16.1 Å². The van der Waals surface area contributed by atoms with Gasteiger partial charge in [0.1, 0.15) is 0 Å². The van der Waals surface area contributed by atoms with Crippen molar-refractivity contribution in [2.45, 2.75) is 32.6 Å². The predicted molar refractivity (Wildman–Crippen MR) is 105 cm³/mol. The van der Waals surface area contributed by atoms with E-state index in [1.807, 2.05) is 20.2 Å². The molecular formula is C14H25IN4S2. The van der Waals surface area contributed by atoms with Crippen LogP contribution in [0.3, 0.4) is 0 Å². The summed E-state index contributed by atoms with van der Waals surface area (Å²) < 4.78 is 0. The van der Waals surface area contributed by atoms with Gasteiger partial charge < -0.3 is 10.2 Å². The molecule has 0 aliphatic carbocycles. The highest BCUT2D eigenvalue weighted by Gasteiger charge is 2.24. The number of hydrogen-bond donors (Lipinski definition) is 1. The van der Waals surface area contributed by atoms with Crippen molar-refractivity contribution in [3.63, 3.8) is 0 Å². The SMILES string of the molecule is CN=C(NCc1cnc(C)s1)N1CCSC(C(C)C)C1.I. The monoisotopic (exact) mass is 440 g/mol. The van der Waals surface area contributed by atoms with Crippen LogP contribution >= 0.6 is 47.1 Å². The van der Waals surface area contributed by atoms with Gasteiger partial charge in [-0.1, -0.05) is 13.8 Å². The number of thiazole rings is 1. The fourth-order valence-corrected chi connectivity index (χ4v) is 4.29. The van der Waals surface area contributed by atoms with E-state index in [1.54, 1.807) is 11.3 Å². The van der Waals surface area contributed by atoms with E-state index in [9.17, 15) is 0 Å². The zero-order chi connectivity index (χ0) is 14.5. The molecule has 2 rings (SSSR count). The van der Waals surface area contributed by atoms with Gasteiger partial charge in [0, 0.05) is 42.2 Å². The number of aryl methyl sites for hydroxylation is 1. The van der Waals surface area contributed by atoms with E-state index < -0.39 is 0 Å². The van der Waals surface area contributed by atoms with E-state index in [-0.39, 0.29) is 24.0 Å². The lowest BCUT2D eigenvalue weighted by molar-refractivity contribution is 0.381. The predicted octanol–water partition coefficient (Wildman–Crippen LogP) is 3.22. The van der Waals surface area contributed by atoms with Gasteiger partial charge in [0.25, 0.3) is 0 Å². The van der Waals surface area contributed by atoms with Gasteiger partial charge in [-0.3, -0.25) is 4.99 Å². The Balaban J connectivity index is 0.00000220. The van der Waals surface area contributed by atoms with Crippen LogP contribution in [0, 0.1) is 12.8 Å². The Morgan fingerprint density at radius 3 is 2.90 bits per heavy atom. The summed E-state index contributed by atoms with van der Waals surface area (Å²) in [5.41, 5.74) is 0. The molecule has 1 fully saturated rings. The summed E-state index contributed by atoms with van der Waals surface area (Å²) in [6.07, 6.45) is 1.95. The van der Waals surface area contributed by atoms with Gasteiger partial charge in [-0.15, -0.1) is 35.3 Å². The number of guanidine groups is 1. The van der Waals surface area contributed by atoms with Crippen LogP contribution in [0.1, 0.15) is 23.7 Å². The van der Waals surface area contributed by atoms with E-state index in [0.717, 1.165) is 30.6 Å². The molecule has 1 aliphatic heterocycles. The van der Waals surface area contributed by atoms with Crippen molar-refractivity contribution in [1.29, 1.82) is 0 Å². The number of nitrogens with zero attached hydrogens (tertiary/aromatic N) is 3. The van der Waals surface area contributed by atoms with Crippen LogP contribution in [-0.2, 0) is 6.54 Å². The van der Waals surface area contributed by atoms with Gasteiger partial charge in [0.05, 0.1) is 11.6 Å². The number of aliphatic imine (C=N–C) groups is 1. The smallest absolute Gasteiger partial charge is 0.194 e. The van der Waals surface area contributed by atoms with Crippen molar-refractivity contribution < 1.29 is 0 Å². The standard InChI is InChI=1S/C14H24N4S2.HI/c1-10(2)13-9-18(5-6-19-13)14(15-4)17-8-12-7-16-11(3)20-12;/h7,10,13H,5-6,8-9H2,1-4H3,(H,15,17);1H. The topological polar surface area (TPSA) is 40.5 Å². The van der Waals surface area contributed by atoms with Crippen LogP contribution in [0.2, 0.25) is 0 Å². The highest BCUT2D eigenvalue weighted by atomic mass is 127. The highest BCUT2D eigenvalue weighted by Crippen LogP contribution is 2.24. The molecule has 1 N–H and O–H groups in total. The first kappa shape index (κ1) is 19.0. The molecule has 2 heterocycles. The number of thioether (sulfide) groups is 1. The zero-order valence-corrected chi connectivity index (χ0v) is 17.1. The van der Waals surface area contributed by atoms with Crippen LogP contribution in [-0.4, -0.2) is 47.0 Å². The Bertz CT molecular complexity index is 462. The Hall–Kier alpha value is -0.0200. The molecule has 4 nitrogen and oxygen atoms in total. The van der Waals surface area contributed by atoms with Gasteiger partial charge >= 0.3 is 0 Å².